The molecule has 34 heavy (non-hydrogen) atoms. The predicted molar refractivity (Wildman–Crippen MR) is 130 cm³/mol. The van der Waals surface area contributed by atoms with E-state index in [-0.39, 0.29) is 36.2 Å². The molecule has 4 fully saturated rings. The van der Waals surface area contributed by atoms with E-state index in [9.17, 15) is 19.2 Å². The minimum atomic E-state index is -0.709. The first-order chi connectivity index (χ1) is 15.7. The maximum Gasteiger partial charge on any atom is 0.231 e. The number of carbonyl (C=O) groups excluding carboxylic acids is 4. The summed E-state index contributed by atoms with van der Waals surface area (Å²) in [7, 11) is 0. The second-order valence-electron chi connectivity index (χ2n) is 12.8. The van der Waals surface area contributed by atoms with Gasteiger partial charge in [-0.1, -0.05) is 47.6 Å². The highest BCUT2D eigenvalue weighted by Gasteiger charge is 2.73. The number of benzene rings is 1. The maximum atomic E-state index is 13.5. The van der Waals surface area contributed by atoms with E-state index in [0.717, 1.165) is 12.8 Å². The average molecular weight is 465 g/mol. The van der Waals surface area contributed by atoms with Gasteiger partial charge in [0.1, 0.15) is 11.6 Å². The lowest BCUT2D eigenvalue weighted by Crippen LogP contribution is -2.44. The third-order valence-electron chi connectivity index (χ3n) is 11.7. The van der Waals surface area contributed by atoms with Crippen molar-refractivity contribution in [1.82, 2.24) is 0 Å². The van der Waals surface area contributed by atoms with Gasteiger partial charge in [-0.2, -0.15) is 0 Å². The van der Waals surface area contributed by atoms with Gasteiger partial charge in [-0.15, -0.1) is 0 Å². The van der Waals surface area contributed by atoms with E-state index >= 15 is 0 Å². The largest absolute Gasteiger partial charge is 0.326 e. The number of Topliss-reactive ketones (excluding diaryl/α,β-unsaturated/α-hetero) is 2. The van der Waals surface area contributed by atoms with Crippen LogP contribution in [0, 0.1) is 32.5 Å². The van der Waals surface area contributed by atoms with Crippen LogP contribution in [0.2, 0.25) is 0 Å². The van der Waals surface area contributed by atoms with Gasteiger partial charge in [0.2, 0.25) is 11.8 Å². The Morgan fingerprint density at radius 1 is 0.676 bits per heavy atom. The monoisotopic (exact) mass is 464 g/mol. The normalized spacial score (nSPS) is 38.9. The van der Waals surface area contributed by atoms with Gasteiger partial charge in [0.25, 0.3) is 0 Å². The van der Waals surface area contributed by atoms with Crippen molar-refractivity contribution in [3.05, 3.63) is 24.3 Å². The number of ketones is 2. The molecule has 1 aromatic rings. The van der Waals surface area contributed by atoms with E-state index in [1.807, 2.05) is 41.5 Å². The van der Waals surface area contributed by atoms with Crippen molar-refractivity contribution < 1.29 is 19.2 Å². The van der Waals surface area contributed by atoms with Crippen LogP contribution in [-0.2, 0) is 19.2 Å². The Bertz CT molecular complexity index is 1070. The highest BCUT2D eigenvalue weighted by atomic mass is 16.2. The van der Waals surface area contributed by atoms with Crippen LogP contribution in [-0.4, -0.2) is 23.4 Å². The Labute approximate surface area is 201 Å². The molecular weight excluding hydrogens is 428 g/mol. The van der Waals surface area contributed by atoms with Crippen molar-refractivity contribution in [3.63, 3.8) is 0 Å². The van der Waals surface area contributed by atoms with Gasteiger partial charge in [0.15, 0.2) is 0 Å². The fourth-order valence-corrected chi connectivity index (χ4v) is 7.90. The number of rotatable bonds is 4. The van der Waals surface area contributed by atoms with Gasteiger partial charge in [0, 0.05) is 35.0 Å². The van der Waals surface area contributed by atoms with Gasteiger partial charge in [-0.25, -0.2) is 0 Å². The summed E-state index contributed by atoms with van der Waals surface area (Å²) >= 11 is 0. The highest BCUT2D eigenvalue weighted by molar-refractivity contribution is 6.06. The molecule has 0 heterocycles. The molecule has 4 atom stereocenters. The van der Waals surface area contributed by atoms with Gasteiger partial charge in [0.05, 0.1) is 10.8 Å². The zero-order valence-corrected chi connectivity index (χ0v) is 21.2. The first-order valence-electron chi connectivity index (χ1n) is 12.5. The molecule has 4 bridgehead atoms. The lowest BCUT2D eigenvalue weighted by Gasteiger charge is -2.39. The van der Waals surface area contributed by atoms with Crippen LogP contribution in [0.25, 0.3) is 0 Å². The zero-order chi connectivity index (χ0) is 24.9. The molecular formula is C28H36N2O4. The number of amides is 2. The maximum absolute atomic E-state index is 13.5. The lowest BCUT2D eigenvalue weighted by molar-refractivity contribution is -0.131. The predicted octanol–water partition coefficient (Wildman–Crippen LogP) is 5.13. The van der Waals surface area contributed by atoms with Crippen LogP contribution in [0.15, 0.2) is 24.3 Å². The quantitative estimate of drug-likeness (QED) is 0.646. The van der Waals surface area contributed by atoms with E-state index in [0.29, 0.717) is 24.2 Å². The smallest absolute Gasteiger partial charge is 0.231 e. The zero-order valence-electron chi connectivity index (χ0n) is 21.2. The van der Waals surface area contributed by atoms with E-state index in [1.54, 1.807) is 24.3 Å². The number of carbonyl (C=O) groups is 4. The van der Waals surface area contributed by atoms with Crippen molar-refractivity contribution >= 4 is 34.8 Å². The molecule has 5 rings (SSSR count). The van der Waals surface area contributed by atoms with E-state index in [2.05, 4.69) is 10.6 Å². The fourth-order valence-electron chi connectivity index (χ4n) is 7.90. The molecule has 2 amide bonds. The molecule has 4 saturated carbocycles. The SMILES string of the molecule is CC12CCC(C(=O)Nc3cccc(NC(=O)C45CCC(C)(C(=O)C4)C5(C)C)c3)(CC1=O)C2(C)C. The average Bonchev–Trinajstić information content (AvgIpc) is 3.22. The number of fused-ring (bicyclic) bond motifs is 4. The van der Waals surface area contributed by atoms with Crippen LogP contribution in [0.4, 0.5) is 11.4 Å². The molecule has 1 aromatic carbocycles. The summed E-state index contributed by atoms with van der Waals surface area (Å²) < 4.78 is 0. The number of anilines is 2. The Morgan fingerprint density at radius 3 is 1.35 bits per heavy atom. The summed E-state index contributed by atoms with van der Waals surface area (Å²) in [5.41, 5.74) is -1.97. The Morgan fingerprint density at radius 2 is 1.06 bits per heavy atom. The molecule has 4 unspecified atom stereocenters. The third-order valence-corrected chi connectivity index (χ3v) is 11.7. The molecule has 0 spiro atoms. The van der Waals surface area contributed by atoms with Crippen molar-refractivity contribution in [2.75, 3.05) is 10.6 Å². The minimum absolute atomic E-state index is 0.122. The molecule has 6 heteroatoms. The molecule has 4 aliphatic carbocycles. The van der Waals surface area contributed by atoms with Crippen molar-refractivity contribution in [2.45, 2.75) is 80.1 Å². The minimum Gasteiger partial charge on any atom is -0.326 e. The van der Waals surface area contributed by atoms with Crippen molar-refractivity contribution in [2.24, 2.45) is 32.5 Å². The van der Waals surface area contributed by atoms with Crippen LogP contribution in [0.5, 0.6) is 0 Å². The fraction of sp³-hybridized carbons (Fsp3) is 0.643. The summed E-state index contributed by atoms with van der Waals surface area (Å²) in [6.07, 6.45) is 3.44. The van der Waals surface area contributed by atoms with E-state index < -0.39 is 32.5 Å². The third kappa shape index (κ3) is 2.42. The first kappa shape index (κ1) is 23.3. The summed E-state index contributed by atoms with van der Waals surface area (Å²) in [5.74, 6) is 0.111. The lowest BCUT2D eigenvalue weighted by atomic mass is 9.64. The summed E-state index contributed by atoms with van der Waals surface area (Å²) in [6, 6.07) is 7.17. The summed E-state index contributed by atoms with van der Waals surface area (Å²) in [6.45, 7) is 12.2. The van der Waals surface area contributed by atoms with Gasteiger partial charge in [-0.3, -0.25) is 19.2 Å². The molecule has 6 nitrogen and oxygen atoms in total. The number of hydrogen-bond donors (Lipinski definition) is 2. The Balaban J connectivity index is 1.36. The van der Waals surface area contributed by atoms with Crippen LogP contribution < -0.4 is 10.6 Å². The molecule has 0 aromatic heterocycles. The van der Waals surface area contributed by atoms with Crippen LogP contribution in [0.3, 0.4) is 0 Å². The molecule has 0 radical (unpaired) electrons. The van der Waals surface area contributed by atoms with E-state index in [4.69, 9.17) is 0 Å². The molecule has 182 valence electrons. The molecule has 2 N–H and O–H groups in total. The second-order valence-corrected chi connectivity index (χ2v) is 12.8. The van der Waals surface area contributed by atoms with Gasteiger partial charge < -0.3 is 10.6 Å². The topological polar surface area (TPSA) is 92.3 Å². The molecule has 0 saturated heterocycles. The van der Waals surface area contributed by atoms with Crippen LogP contribution >= 0.6 is 0 Å². The summed E-state index contributed by atoms with van der Waals surface area (Å²) in [4.78, 5) is 52.5. The standard InChI is InChI=1S/C28H36N2O4/c1-23(2)25(5)10-12-27(23,15-19(25)31)21(33)29-17-8-7-9-18(14-17)30-22(34)28-13-11-26(6,20(32)16-28)24(28,3)4/h7-9,14H,10-13,15-16H2,1-6H3,(H,29,33)(H,30,34). The Kier molecular flexibility index (Phi) is 4.50. The molecule has 4 aliphatic rings. The first-order valence-corrected chi connectivity index (χ1v) is 12.5. The second kappa shape index (κ2) is 6.58. The summed E-state index contributed by atoms with van der Waals surface area (Å²) in [5, 5.41) is 6.09. The van der Waals surface area contributed by atoms with Gasteiger partial charge in [-0.05, 0) is 54.7 Å². The van der Waals surface area contributed by atoms with Crippen molar-refractivity contribution in [1.29, 1.82) is 0 Å². The number of hydrogen-bond acceptors (Lipinski definition) is 4. The Hall–Kier alpha value is -2.50. The highest BCUT2D eigenvalue weighted by Crippen LogP contribution is 2.71. The van der Waals surface area contributed by atoms with Crippen LogP contribution in [0.1, 0.15) is 80.1 Å². The molecule has 0 aliphatic heterocycles. The number of nitrogens with one attached hydrogen (secondary N) is 2. The van der Waals surface area contributed by atoms with E-state index in [1.165, 1.54) is 0 Å². The van der Waals surface area contributed by atoms with Gasteiger partial charge >= 0.3 is 0 Å². The van der Waals surface area contributed by atoms with Crippen molar-refractivity contribution in [3.8, 4) is 0 Å².